The van der Waals surface area contributed by atoms with Crippen molar-refractivity contribution in [3.8, 4) is 6.07 Å². The fourth-order valence-corrected chi connectivity index (χ4v) is 6.79. The third-order valence-electron chi connectivity index (χ3n) is 6.56. The standard InChI is InChI=1S/C26H30N4O2S2/c1-5-30-24(32)18-8-6-7-9-20(18)28-25(30)33-13-12-22(31)29-23-19(15-27)17-11-10-16(26(2,3)4)14-21(17)34-23/h6-9,16H,5,10-14H2,1-4H3,(H,29,31). The molecule has 1 aliphatic carbocycles. The van der Waals surface area contributed by atoms with Crippen LogP contribution in [-0.2, 0) is 24.2 Å². The van der Waals surface area contributed by atoms with Crippen LogP contribution in [0.2, 0.25) is 0 Å². The summed E-state index contributed by atoms with van der Waals surface area (Å²) < 4.78 is 1.65. The van der Waals surface area contributed by atoms with Gasteiger partial charge in [-0.3, -0.25) is 14.2 Å². The largest absolute Gasteiger partial charge is 0.317 e. The smallest absolute Gasteiger partial charge is 0.262 e. The summed E-state index contributed by atoms with van der Waals surface area (Å²) in [6.07, 6.45) is 3.20. The van der Waals surface area contributed by atoms with Gasteiger partial charge in [-0.25, -0.2) is 4.98 Å². The first-order valence-electron chi connectivity index (χ1n) is 11.7. The summed E-state index contributed by atoms with van der Waals surface area (Å²) in [4.78, 5) is 31.4. The number of nitriles is 1. The van der Waals surface area contributed by atoms with Gasteiger partial charge in [0.2, 0.25) is 5.91 Å². The van der Waals surface area contributed by atoms with Gasteiger partial charge in [-0.05, 0) is 55.2 Å². The van der Waals surface area contributed by atoms with E-state index in [-0.39, 0.29) is 23.3 Å². The molecule has 3 aromatic rings. The van der Waals surface area contributed by atoms with Crippen LogP contribution in [0, 0.1) is 22.7 Å². The number of carbonyl (C=O) groups is 1. The summed E-state index contributed by atoms with van der Waals surface area (Å²) in [5.41, 5.74) is 2.58. The molecule has 34 heavy (non-hydrogen) atoms. The van der Waals surface area contributed by atoms with Crippen molar-refractivity contribution in [2.45, 2.75) is 65.1 Å². The number of thiophene rings is 1. The van der Waals surface area contributed by atoms with Crippen LogP contribution < -0.4 is 10.9 Å². The highest BCUT2D eigenvalue weighted by Gasteiger charge is 2.32. The van der Waals surface area contributed by atoms with Crippen LogP contribution in [0.15, 0.2) is 34.2 Å². The number of anilines is 1. The van der Waals surface area contributed by atoms with Crippen molar-refractivity contribution < 1.29 is 4.79 Å². The number of rotatable bonds is 6. The van der Waals surface area contributed by atoms with E-state index in [1.807, 2.05) is 25.1 Å². The Bertz CT molecular complexity index is 1330. The van der Waals surface area contributed by atoms with Gasteiger partial charge in [-0.15, -0.1) is 11.3 Å². The minimum atomic E-state index is -0.124. The molecule has 1 atom stereocenters. The molecule has 1 N–H and O–H groups in total. The molecule has 0 bridgehead atoms. The first-order chi connectivity index (χ1) is 16.2. The number of hydrogen-bond donors (Lipinski definition) is 1. The molecule has 1 aromatic carbocycles. The van der Waals surface area contributed by atoms with Crippen molar-refractivity contribution in [1.29, 1.82) is 5.26 Å². The monoisotopic (exact) mass is 494 g/mol. The van der Waals surface area contributed by atoms with E-state index in [2.05, 4.69) is 37.1 Å². The molecule has 6 nitrogen and oxygen atoms in total. The van der Waals surface area contributed by atoms with Crippen molar-refractivity contribution in [2.24, 2.45) is 11.3 Å². The number of nitrogens with zero attached hydrogens (tertiary/aromatic N) is 3. The molecule has 178 valence electrons. The zero-order valence-corrected chi connectivity index (χ0v) is 21.7. The number of amides is 1. The lowest BCUT2D eigenvalue weighted by molar-refractivity contribution is -0.115. The zero-order chi connectivity index (χ0) is 24.5. The molecule has 0 saturated heterocycles. The van der Waals surface area contributed by atoms with Crippen LogP contribution in [0.25, 0.3) is 10.9 Å². The number of fused-ring (bicyclic) bond motifs is 2. The second-order valence-corrected chi connectivity index (χ2v) is 11.9. The second kappa shape index (κ2) is 9.93. The molecule has 1 amide bonds. The topological polar surface area (TPSA) is 87.8 Å². The van der Waals surface area contributed by atoms with Gasteiger partial charge in [0, 0.05) is 23.6 Å². The van der Waals surface area contributed by atoms with Gasteiger partial charge < -0.3 is 5.32 Å². The summed E-state index contributed by atoms with van der Waals surface area (Å²) in [5, 5.41) is 14.6. The van der Waals surface area contributed by atoms with Gasteiger partial charge in [-0.2, -0.15) is 5.26 Å². The number of aromatic nitrogens is 2. The maximum atomic E-state index is 12.8. The number of nitrogens with one attached hydrogen (secondary N) is 1. The van der Waals surface area contributed by atoms with Crippen LogP contribution in [-0.4, -0.2) is 21.2 Å². The Balaban J connectivity index is 1.43. The molecule has 2 aromatic heterocycles. The molecule has 0 saturated carbocycles. The zero-order valence-electron chi connectivity index (χ0n) is 20.1. The van der Waals surface area contributed by atoms with Crippen LogP contribution in [0.3, 0.4) is 0 Å². The third kappa shape index (κ3) is 4.91. The minimum absolute atomic E-state index is 0.0589. The molecule has 1 aliphatic rings. The van der Waals surface area contributed by atoms with Crippen molar-refractivity contribution in [3.05, 3.63) is 50.6 Å². The lowest BCUT2D eigenvalue weighted by Gasteiger charge is -2.33. The third-order valence-corrected chi connectivity index (χ3v) is 8.71. The van der Waals surface area contributed by atoms with Crippen molar-refractivity contribution in [1.82, 2.24) is 9.55 Å². The van der Waals surface area contributed by atoms with Gasteiger partial charge in [0.05, 0.1) is 16.5 Å². The SMILES string of the molecule is CCn1c(SCCC(=O)Nc2sc3c(c2C#N)CCC(C(C)(C)C)C3)nc2ccccc2c1=O. The summed E-state index contributed by atoms with van der Waals surface area (Å²) in [6, 6.07) is 9.65. The molecule has 2 heterocycles. The Labute approximate surface area is 208 Å². The lowest BCUT2D eigenvalue weighted by Crippen LogP contribution is -2.26. The summed E-state index contributed by atoms with van der Waals surface area (Å²) in [6.45, 7) is 9.24. The normalized spacial score (nSPS) is 15.7. The molecule has 0 aliphatic heterocycles. The second-order valence-electron chi connectivity index (χ2n) is 9.73. The number of para-hydroxylation sites is 1. The Hall–Kier alpha value is -2.63. The molecule has 0 fully saturated rings. The summed E-state index contributed by atoms with van der Waals surface area (Å²) in [7, 11) is 0. The van der Waals surface area contributed by atoms with Crippen LogP contribution in [0.5, 0.6) is 0 Å². The highest BCUT2D eigenvalue weighted by atomic mass is 32.2. The van der Waals surface area contributed by atoms with Crippen LogP contribution >= 0.6 is 23.1 Å². The molecule has 8 heteroatoms. The fourth-order valence-electron chi connectivity index (χ4n) is 4.49. The molecule has 4 rings (SSSR count). The number of thioether (sulfide) groups is 1. The average Bonchev–Trinajstić information content (AvgIpc) is 3.14. The Kier molecular flexibility index (Phi) is 7.15. The Morgan fingerprint density at radius 2 is 2.12 bits per heavy atom. The van der Waals surface area contributed by atoms with E-state index < -0.39 is 0 Å². The van der Waals surface area contributed by atoms with Crippen LogP contribution in [0.4, 0.5) is 5.00 Å². The predicted molar refractivity (Wildman–Crippen MR) is 140 cm³/mol. The average molecular weight is 495 g/mol. The highest BCUT2D eigenvalue weighted by Crippen LogP contribution is 2.44. The van der Waals surface area contributed by atoms with E-state index in [1.54, 1.807) is 22.0 Å². The molecular formula is C26H30N4O2S2. The number of benzene rings is 1. The first-order valence-corrected chi connectivity index (χ1v) is 13.5. The fraction of sp³-hybridized carbons (Fsp3) is 0.462. The maximum Gasteiger partial charge on any atom is 0.262 e. The number of carbonyl (C=O) groups excluding carboxylic acids is 1. The maximum absolute atomic E-state index is 12.8. The predicted octanol–water partition coefficient (Wildman–Crippen LogP) is 5.62. The van der Waals surface area contributed by atoms with Crippen molar-refractivity contribution >= 4 is 44.9 Å². The first kappa shape index (κ1) is 24.5. The quantitative estimate of drug-likeness (QED) is 0.355. The van der Waals surface area contributed by atoms with E-state index in [4.69, 9.17) is 0 Å². The van der Waals surface area contributed by atoms with Gasteiger partial charge in [0.15, 0.2) is 5.16 Å². The van der Waals surface area contributed by atoms with Crippen LogP contribution in [0.1, 0.15) is 56.5 Å². The van der Waals surface area contributed by atoms with E-state index in [0.717, 1.165) is 24.8 Å². The van der Waals surface area contributed by atoms with Gasteiger partial charge in [-0.1, -0.05) is 44.7 Å². The Morgan fingerprint density at radius 1 is 1.35 bits per heavy atom. The van der Waals surface area contributed by atoms with Gasteiger partial charge in [0.1, 0.15) is 11.1 Å². The number of hydrogen-bond acceptors (Lipinski definition) is 6. The van der Waals surface area contributed by atoms with Crippen molar-refractivity contribution in [3.63, 3.8) is 0 Å². The van der Waals surface area contributed by atoms with Gasteiger partial charge >= 0.3 is 0 Å². The molecule has 0 spiro atoms. The Morgan fingerprint density at radius 3 is 2.82 bits per heavy atom. The molecule has 1 unspecified atom stereocenters. The van der Waals surface area contributed by atoms with E-state index >= 15 is 0 Å². The van der Waals surface area contributed by atoms with Crippen molar-refractivity contribution in [2.75, 3.05) is 11.1 Å². The van der Waals surface area contributed by atoms with Gasteiger partial charge in [0.25, 0.3) is 5.56 Å². The minimum Gasteiger partial charge on any atom is -0.317 e. The molecular weight excluding hydrogens is 464 g/mol. The van der Waals surface area contributed by atoms with E-state index in [0.29, 0.717) is 44.8 Å². The highest BCUT2D eigenvalue weighted by molar-refractivity contribution is 7.99. The summed E-state index contributed by atoms with van der Waals surface area (Å²) >= 11 is 2.96. The molecule has 0 radical (unpaired) electrons. The van der Waals surface area contributed by atoms with E-state index in [9.17, 15) is 14.9 Å². The lowest BCUT2D eigenvalue weighted by atomic mass is 9.72. The van der Waals surface area contributed by atoms with E-state index in [1.165, 1.54) is 16.6 Å². The summed E-state index contributed by atoms with van der Waals surface area (Å²) in [5.74, 6) is 0.951.